The number of hydrogen-bond acceptors (Lipinski definition) is 8. The van der Waals surface area contributed by atoms with Gasteiger partial charge in [0.25, 0.3) is 0 Å². The molecule has 0 saturated heterocycles. The zero-order chi connectivity index (χ0) is 26.4. The number of nitrogen functional groups attached to an aromatic ring is 1. The number of nitrogens with two attached hydrogens (primary N) is 1. The highest BCUT2D eigenvalue weighted by Gasteiger charge is 2.29. The summed E-state index contributed by atoms with van der Waals surface area (Å²) in [5.74, 6) is 0.210. The van der Waals surface area contributed by atoms with Crippen LogP contribution in [0.25, 0.3) is 21.3 Å². The number of sulfonamides is 1. The SMILES string of the molecule is CC(C)(O)c1ccnc(-c2cccc3cc(C(NS(=O)(=O)c4cn[nH]c4)c4nc(N)ccc4Cl)sc23)c1. The van der Waals surface area contributed by atoms with E-state index in [9.17, 15) is 13.5 Å². The lowest BCUT2D eigenvalue weighted by Gasteiger charge is -2.18. The van der Waals surface area contributed by atoms with Gasteiger partial charge in [-0.3, -0.25) is 10.1 Å². The van der Waals surface area contributed by atoms with E-state index in [0.717, 1.165) is 21.2 Å². The van der Waals surface area contributed by atoms with Crippen LogP contribution in [0.3, 0.4) is 0 Å². The van der Waals surface area contributed by atoms with Gasteiger partial charge in [0.05, 0.1) is 34.3 Å². The molecule has 1 atom stereocenters. The zero-order valence-corrected chi connectivity index (χ0v) is 22.2. The van der Waals surface area contributed by atoms with Crippen LogP contribution in [0.15, 0.2) is 72.0 Å². The largest absolute Gasteiger partial charge is 0.386 e. The summed E-state index contributed by atoms with van der Waals surface area (Å²) in [6.45, 7) is 3.43. The highest BCUT2D eigenvalue weighted by molar-refractivity contribution is 7.89. The fraction of sp³-hybridized carbons (Fsp3) is 0.160. The molecule has 1 unspecified atom stereocenters. The average Bonchev–Trinajstić information content (AvgIpc) is 3.54. The Bertz CT molecular complexity index is 1700. The summed E-state index contributed by atoms with van der Waals surface area (Å²) in [4.78, 5) is 9.53. The number of nitrogens with zero attached hydrogens (tertiary/aromatic N) is 3. The molecule has 0 bridgehead atoms. The average molecular weight is 555 g/mol. The first-order chi connectivity index (χ1) is 17.5. The number of H-pyrrole nitrogens is 1. The van der Waals surface area contributed by atoms with E-state index in [2.05, 4.69) is 24.9 Å². The van der Waals surface area contributed by atoms with Gasteiger partial charge >= 0.3 is 0 Å². The van der Waals surface area contributed by atoms with Gasteiger partial charge in [-0.2, -0.15) is 9.82 Å². The lowest BCUT2D eigenvalue weighted by Crippen LogP contribution is -2.29. The minimum Gasteiger partial charge on any atom is -0.386 e. The van der Waals surface area contributed by atoms with E-state index in [0.29, 0.717) is 10.6 Å². The van der Waals surface area contributed by atoms with Gasteiger partial charge in [0.2, 0.25) is 10.0 Å². The van der Waals surface area contributed by atoms with Crippen LogP contribution in [-0.2, 0) is 15.6 Å². The molecule has 0 radical (unpaired) electrons. The second kappa shape index (κ2) is 9.51. The van der Waals surface area contributed by atoms with Crippen LogP contribution in [0.1, 0.15) is 36.0 Å². The Morgan fingerprint density at radius 2 is 2.00 bits per heavy atom. The third kappa shape index (κ3) is 5.09. The van der Waals surface area contributed by atoms with E-state index in [1.165, 1.54) is 23.7 Å². The van der Waals surface area contributed by atoms with Crippen LogP contribution in [0, 0.1) is 0 Å². The molecule has 12 heteroatoms. The summed E-state index contributed by atoms with van der Waals surface area (Å²) in [5, 5.41) is 17.9. The Hall–Kier alpha value is -3.35. The highest BCUT2D eigenvalue weighted by atomic mass is 35.5. The molecule has 190 valence electrons. The first kappa shape index (κ1) is 25.3. The number of benzene rings is 1. The lowest BCUT2D eigenvalue weighted by atomic mass is 9.97. The Labute approximate surface area is 222 Å². The fourth-order valence-corrected chi connectivity index (χ4v) is 6.53. The maximum atomic E-state index is 13.2. The van der Waals surface area contributed by atoms with E-state index in [-0.39, 0.29) is 21.4 Å². The van der Waals surface area contributed by atoms with Crippen molar-refractivity contribution in [2.24, 2.45) is 0 Å². The Morgan fingerprint density at radius 1 is 1.19 bits per heavy atom. The molecule has 0 aliphatic heterocycles. The first-order valence-corrected chi connectivity index (χ1v) is 13.9. The fourth-order valence-electron chi connectivity index (χ4n) is 3.92. The number of rotatable bonds is 7. The predicted molar refractivity (Wildman–Crippen MR) is 145 cm³/mol. The molecule has 0 amide bonds. The van der Waals surface area contributed by atoms with Gasteiger partial charge in [0, 0.05) is 27.5 Å². The van der Waals surface area contributed by atoms with Gasteiger partial charge in [-0.25, -0.2) is 13.4 Å². The normalized spacial score (nSPS) is 13.2. The van der Waals surface area contributed by atoms with E-state index in [1.54, 1.807) is 38.2 Å². The predicted octanol–water partition coefficient (Wildman–Crippen LogP) is 4.61. The smallest absolute Gasteiger partial charge is 0.244 e. The lowest BCUT2D eigenvalue weighted by molar-refractivity contribution is 0.0785. The number of aliphatic hydroxyl groups is 1. The van der Waals surface area contributed by atoms with Crippen LogP contribution in [-0.4, -0.2) is 33.7 Å². The standard InChI is InChI=1S/C25H23ClN6O3S2/c1-25(2,33)15-8-9-28-19(11-15)17-5-3-4-14-10-20(36-24(14)17)23(22-18(26)6-7-21(27)31-22)32-37(34,35)16-12-29-30-13-16/h3-13,23,32-33H,1-2H3,(H2,27,31)(H,29,30). The van der Waals surface area contributed by atoms with Gasteiger partial charge in [-0.1, -0.05) is 29.8 Å². The summed E-state index contributed by atoms with van der Waals surface area (Å²) >= 11 is 7.88. The van der Waals surface area contributed by atoms with Crippen molar-refractivity contribution in [3.8, 4) is 11.3 Å². The van der Waals surface area contributed by atoms with E-state index < -0.39 is 21.7 Å². The first-order valence-electron chi connectivity index (χ1n) is 11.2. The minimum absolute atomic E-state index is 0.0213. The maximum absolute atomic E-state index is 13.2. The quantitative estimate of drug-likeness (QED) is 0.229. The summed E-state index contributed by atoms with van der Waals surface area (Å²) < 4.78 is 30.0. The van der Waals surface area contributed by atoms with Crippen LogP contribution in [0.2, 0.25) is 5.02 Å². The van der Waals surface area contributed by atoms with E-state index >= 15 is 0 Å². The summed E-state index contributed by atoms with van der Waals surface area (Å²) in [7, 11) is -3.98. The second-order valence-electron chi connectivity index (χ2n) is 8.95. The molecular formula is C25H23ClN6O3S2. The van der Waals surface area contributed by atoms with E-state index in [1.807, 2.05) is 30.3 Å². The molecule has 1 aromatic carbocycles. The number of fused-ring (bicyclic) bond motifs is 1. The molecule has 5 N–H and O–H groups in total. The minimum atomic E-state index is -3.98. The molecule has 0 spiro atoms. The number of pyridine rings is 2. The van der Waals surface area contributed by atoms with Crippen LogP contribution in [0.4, 0.5) is 5.82 Å². The van der Waals surface area contributed by atoms with Crippen molar-refractivity contribution < 1.29 is 13.5 Å². The van der Waals surface area contributed by atoms with Gasteiger partial charge in [0.15, 0.2) is 0 Å². The van der Waals surface area contributed by atoms with Gasteiger partial charge in [-0.05, 0) is 55.1 Å². The number of aromatic amines is 1. The monoisotopic (exact) mass is 554 g/mol. The maximum Gasteiger partial charge on any atom is 0.244 e. The molecule has 0 saturated carbocycles. The number of halogens is 1. The van der Waals surface area contributed by atoms with Crippen molar-refractivity contribution in [3.63, 3.8) is 0 Å². The molecule has 9 nitrogen and oxygen atoms in total. The Morgan fingerprint density at radius 3 is 2.73 bits per heavy atom. The summed E-state index contributed by atoms with van der Waals surface area (Å²) in [5.41, 5.74) is 7.46. The number of nitrogens with one attached hydrogen (secondary N) is 2. The van der Waals surface area contributed by atoms with Crippen molar-refractivity contribution in [2.45, 2.75) is 30.4 Å². The molecule has 5 aromatic rings. The van der Waals surface area contributed by atoms with Gasteiger partial charge < -0.3 is 10.8 Å². The Balaban J connectivity index is 1.66. The number of aromatic nitrogens is 4. The van der Waals surface area contributed by atoms with Crippen LogP contribution < -0.4 is 10.5 Å². The van der Waals surface area contributed by atoms with Gasteiger partial charge in [0.1, 0.15) is 10.7 Å². The van der Waals surface area contributed by atoms with E-state index in [4.69, 9.17) is 17.3 Å². The summed E-state index contributed by atoms with van der Waals surface area (Å²) in [6, 6.07) is 13.5. The molecule has 0 aliphatic rings. The molecule has 0 aliphatic carbocycles. The van der Waals surface area contributed by atoms with Crippen LogP contribution in [0.5, 0.6) is 0 Å². The number of anilines is 1. The topological polar surface area (TPSA) is 147 Å². The van der Waals surface area contributed by atoms with Crippen molar-refractivity contribution in [3.05, 3.63) is 88.3 Å². The molecule has 5 rings (SSSR count). The number of thiophene rings is 1. The van der Waals surface area contributed by atoms with Crippen molar-refractivity contribution in [2.75, 3.05) is 5.73 Å². The molecule has 37 heavy (non-hydrogen) atoms. The molecule has 4 aromatic heterocycles. The number of hydrogen-bond donors (Lipinski definition) is 4. The van der Waals surface area contributed by atoms with Gasteiger partial charge in [-0.15, -0.1) is 11.3 Å². The highest BCUT2D eigenvalue weighted by Crippen LogP contribution is 2.40. The molecular weight excluding hydrogens is 532 g/mol. The second-order valence-corrected chi connectivity index (χ2v) is 12.2. The van der Waals surface area contributed by atoms with Crippen molar-refractivity contribution in [1.29, 1.82) is 0 Å². The third-order valence-electron chi connectivity index (χ3n) is 5.81. The zero-order valence-electron chi connectivity index (χ0n) is 19.8. The molecule has 4 heterocycles. The van der Waals surface area contributed by atoms with Crippen molar-refractivity contribution >= 4 is 48.9 Å². The van der Waals surface area contributed by atoms with Crippen molar-refractivity contribution in [1.82, 2.24) is 24.9 Å². The third-order valence-corrected chi connectivity index (χ3v) is 8.77. The van der Waals surface area contributed by atoms with Crippen LogP contribution >= 0.6 is 22.9 Å². The molecule has 0 fully saturated rings. The summed E-state index contributed by atoms with van der Waals surface area (Å²) in [6.07, 6.45) is 4.17. The Kier molecular flexibility index (Phi) is 6.50.